The molecule has 0 fully saturated rings. The molecule has 104 valence electrons. The number of nitrogens with zero attached hydrogens (tertiary/aromatic N) is 2. The summed E-state index contributed by atoms with van der Waals surface area (Å²) in [6.45, 7) is 1.83. The number of aliphatic imine (C=N–C) groups is 1. The Kier molecular flexibility index (Phi) is 4.11. The lowest BCUT2D eigenvalue weighted by Crippen LogP contribution is -2.38. The van der Waals surface area contributed by atoms with Gasteiger partial charge in [-0.2, -0.15) is 0 Å². The van der Waals surface area contributed by atoms with Crippen molar-refractivity contribution in [1.82, 2.24) is 4.90 Å². The van der Waals surface area contributed by atoms with E-state index in [-0.39, 0.29) is 11.8 Å². The molecule has 1 aromatic rings. The minimum atomic E-state index is 0.0342. The Balaban J connectivity index is 2.18. The second-order valence-corrected chi connectivity index (χ2v) is 4.33. The molecule has 0 saturated heterocycles. The van der Waals surface area contributed by atoms with Crippen LogP contribution in [0.25, 0.3) is 0 Å². The van der Waals surface area contributed by atoms with Gasteiger partial charge in [0.1, 0.15) is 0 Å². The second-order valence-electron chi connectivity index (χ2n) is 4.33. The highest BCUT2D eigenvalue weighted by atomic mass is 16.5. The Bertz CT molecular complexity index is 476. The summed E-state index contributed by atoms with van der Waals surface area (Å²) < 4.78 is 10.1. The van der Waals surface area contributed by atoms with Gasteiger partial charge in [-0.15, -0.1) is 0 Å². The zero-order chi connectivity index (χ0) is 13.8. The smallest absolute Gasteiger partial charge is 0.192 e. The Morgan fingerprint density at radius 1 is 1.47 bits per heavy atom. The molecule has 0 spiro atoms. The van der Waals surface area contributed by atoms with Gasteiger partial charge in [0.2, 0.25) is 0 Å². The average molecular weight is 265 g/mol. The number of rotatable bonds is 5. The van der Waals surface area contributed by atoms with Gasteiger partial charge < -0.3 is 25.2 Å². The summed E-state index contributed by atoms with van der Waals surface area (Å²) >= 11 is 0. The van der Waals surface area contributed by atoms with Crippen molar-refractivity contribution in [1.29, 1.82) is 0 Å². The molecule has 1 aliphatic heterocycles. The number of methoxy groups -OCH3 is 2. The molecule has 1 heterocycles. The van der Waals surface area contributed by atoms with Gasteiger partial charge in [-0.25, -0.2) is 0 Å². The molecule has 0 bridgehead atoms. The fraction of sp³-hybridized carbons (Fsp3) is 0.462. The maximum atomic E-state index is 9.84. The molecular weight excluding hydrogens is 246 g/mol. The third-order valence-electron chi connectivity index (χ3n) is 3.22. The number of aromatic hydroxyl groups is 1. The summed E-state index contributed by atoms with van der Waals surface area (Å²) in [4.78, 5) is 6.23. The minimum absolute atomic E-state index is 0.0342. The highest BCUT2D eigenvalue weighted by Crippen LogP contribution is 2.32. The number of hydrogen-bond donors (Lipinski definition) is 2. The van der Waals surface area contributed by atoms with Crippen LogP contribution < -0.4 is 10.5 Å². The molecule has 2 rings (SSSR count). The third-order valence-corrected chi connectivity index (χ3v) is 3.22. The summed E-state index contributed by atoms with van der Waals surface area (Å²) in [6.07, 6.45) is 0. The standard InChI is InChI=1S/C13H19N3O3/c1-18-6-5-16-10(8-15-13(16)14)9-3-4-12(19-2)11(17)7-9/h3-4,7,10,17H,5-6,8H2,1-2H3,(H2,14,15). The van der Waals surface area contributed by atoms with E-state index in [1.807, 2.05) is 11.0 Å². The van der Waals surface area contributed by atoms with E-state index in [0.717, 1.165) is 5.56 Å². The Morgan fingerprint density at radius 2 is 2.26 bits per heavy atom. The molecule has 0 radical (unpaired) electrons. The highest BCUT2D eigenvalue weighted by Gasteiger charge is 2.27. The van der Waals surface area contributed by atoms with Crippen LogP contribution in [0.5, 0.6) is 11.5 Å². The third kappa shape index (κ3) is 2.73. The fourth-order valence-electron chi connectivity index (χ4n) is 2.19. The first-order valence-electron chi connectivity index (χ1n) is 6.09. The van der Waals surface area contributed by atoms with Gasteiger partial charge >= 0.3 is 0 Å². The van der Waals surface area contributed by atoms with Gasteiger partial charge in [-0.1, -0.05) is 6.07 Å². The topological polar surface area (TPSA) is 80.3 Å². The number of phenols is 1. The molecule has 0 amide bonds. The van der Waals surface area contributed by atoms with E-state index in [1.165, 1.54) is 7.11 Å². The van der Waals surface area contributed by atoms with Gasteiger partial charge in [-0.3, -0.25) is 4.99 Å². The van der Waals surface area contributed by atoms with E-state index in [4.69, 9.17) is 15.2 Å². The maximum Gasteiger partial charge on any atom is 0.192 e. The first kappa shape index (κ1) is 13.5. The molecule has 0 aromatic heterocycles. The molecule has 6 heteroatoms. The summed E-state index contributed by atoms with van der Waals surface area (Å²) in [7, 11) is 3.17. The lowest BCUT2D eigenvalue weighted by atomic mass is 10.1. The SMILES string of the molecule is COCCN1C(N)=NCC1c1ccc(OC)c(O)c1. The second kappa shape index (κ2) is 5.79. The normalized spacial score (nSPS) is 18.5. The number of guanidine groups is 1. The molecule has 3 N–H and O–H groups in total. The van der Waals surface area contributed by atoms with Crippen molar-refractivity contribution >= 4 is 5.96 Å². The van der Waals surface area contributed by atoms with Gasteiger partial charge in [0.05, 0.1) is 26.3 Å². The molecule has 1 atom stereocenters. The largest absolute Gasteiger partial charge is 0.504 e. The van der Waals surface area contributed by atoms with Crippen LogP contribution in [0.1, 0.15) is 11.6 Å². The van der Waals surface area contributed by atoms with Gasteiger partial charge in [-0.05, 0) is 17.7 Å². The number of ether oxygens (including phenoxy) is 2. The van der Waals surface area contributed by atoms with E-state index in [1.54, 1.807) is 19.2 Å². The van der Waals surface area contributed by atoms with E-state index in [9.17, 15) is 5.11 Å². The van der Waals surface area contributed by atoms with Crippen LogP contribution in [0.15, 0.2) is 23.2 Å². The predicted molar refractivity (Wildman–Crippen MR) is 72.5 cm³/mol. The maximum absolute atomic E-state index is 9.84. The molecule has 1 aromatic carbocycles. The van der Waals surface area contributed by atoms with Gasteiger partial charge in [0, 0.05) is 13.7 Å². The summed E-state index contributed by atoms with van der Waals surface area (Å²) in [5.41, 5.74) is 6.83. The average Bonchev–Trinajstić information content (AvgIpc) is 2.77. The van der Waals surface area contributed by atoms with Crippen LogP contribution in [0.3, 0.4) is 0 Å². The lowest BCUT2D eigenvalue weighted by molar-refractivity contribution is 0.166. The number of nitrogens with two attached hydrogens (primary N) is 1. The van der Waals surface area contributed by atoms with Crippen LogP contribution in [-0.2, 0) is 4.74 Å². The Labute approximate surface area is 112 Å². The Hall–Kier alpha value is -1.95. The van der Waals surface area contributed by atoms with Crippen LogP contribution in [0.2, 0.25) is 0 Å². The quantitative estimate of drug-likeness (QED) is 0.820. The van der Waals surface area contributed by atoms with Crippen molar-refractivity contribution < 1.29 is 14.6 Å². The molecular formula is C13H19N3O3. The van der Waals surface area contributed by atoms with Gasteiger partial charge in [0.15, 0.2) is 17.5 Å². The van der Waals surface area contributed by atoms with Crippen molar-refractivity contribution in [2.75, 3.05) is 33.9 Å². The van der Waals surface area contributed by atoms with E-state index >= 15 is 0 Å². The van der Waals surface area contributed by atoms with Gasteiger partial charge in [0.25, 0.3) is 0 Å². The zero-order valence-corrected chi connectivity index (χ0v) is 11.2. The molecule has 6 nitrogen and oxygen atoms in total. The monoisotopic (exact) mass is 265 g/mol. The number of benzene rings is 1. The zero-order valence-electron chi connectivity index (χ0n) is 11.2. The summed E-state index contributed by atoms with van der Waals surface area (Å²) in [5.74, 6) is 1.09. The van der Waals surface area contributed by atoms with Crippen molar-refractivity contribution in [3.8, 4) is 11.5 Å². The first-order valence-corrected chi connectivity index (χ1v) is 6.09. The van der Waals surface area contributed by atoms with Crippen LogP contribution >= 0.6 is 0 Å². The molecule has 1 unspecified atom stereocenters. The number of phenolic OH excluding ortho intramolecular Hbond substituents is 1. The van der Waals surface area contributed by atoms with Crippen molar-refractivity contribution in [2.45, 2.75) is 6.04 Å². The van der Waals surface area contributed by atoms with Crippen molar-refractivity contribution in [3.05, 3.63) is 23.8 Å². The van der Waals surface area contributed by atoms with E-state index < -0.39 is 0 Å². The summed E-state index contributed by atoms with van der Waals surface area (Å²) in [5, 5.41) is 9.84. The van der Waals surface area contributed by atoms with Crippen molar-refractivity contribution in [3.63, 3.8) is 0 Å². The summed E-state index contributed by atoms with van der Waals surface area (Å²) in [6, 6.07) is 5.38. The molecule has 0 aliphatic carbocycles. The lowest BCUT2D eigenvalue weighted by Gasteiger charge is -2.26. The first-order chi connectivity index (χ1) is 9.17. The predicted octanol–water partition coefficient (Wildman–Crippen LogP) is 0.719. The van der Waals surface area contributed by atoms with E-state index in [0.29, 0.717) is 31.4 Å². The van der Waals surface area contributed by atoms with Crippen LogP contribution in [0.4, 0.5) is 0 Å². The van der Waals surface area contributed by atoms with E-state index in [2.05, 4.69) is 4.99 Å². The molecule has 1 aliphatic rings. The van der Waals surface area contributed by atoms with Crippen LogP contribution in [0, 0.1) is 0 Å². The number of hydrogen-bond acceptors (Lipinski definition) is 6. The minimum Gasteiger partial charge on any atom is -0.504 e. The molecule has 0 saturated carbocycles. The fourth-order valence-corrected chi connectivity index (χ4v) is 2.19. The van der Waals surface area contributed by atoms with Crippen molar-refractivity contribution in [2.24, 2.45) is 10.7 Å². The van der Waals surface area contributed by atoms with Crippen LogP contribution in [-0.4, -0.2) is 49.9 Å². The Morgan fingerprint density at radius 3 is 2.89 bits per heavy atom. The molecule has 19 heavy (non-hydrogen) atoms. The highest BCUT2D eigenvalue weighted by molar-refractivity contribution is 5.80.